The Hall–Kier alpha value is -3.80. The summed E-state index contributed by atoms with van der Waals surface area (Å²) in [4.78, 5) is 16.2. The van der Waals surface area contributed by atoms with E-state index in [4.69, 9.17) is 14.7 Å². The van der Waals surface area contributed by atoms with Gasteiger partial charge in [-0.2, -0.15) is 0 Å². The number of nitrogens with zero attached hydrogens (tertiary/aromatic N) is 2. The maximum absolute atomic E-state index is 11.9. The minimum atomic E-state index is -2.63. The van der Waals surface area contributed by atoms with Crippen molar-refractivity contribution >= 4 is 34.3 Å². The van der Waals surface area contributed by atoms with E-state index in [-0.39, 0.29) is 17.2 Å². The van der Waals surface area contributed by atoms with Gasteiger partial charge in [-0.3, -0.25) is 4.55 Å². The summed E-state index contributed by atoms with van der Waals surface area (Å²) in [5.41, 5.74) is 4.85. The van der Waals surface area contributed by atoms with E-state index >= 15 is 0 Å². The van der Waals surface area contributed by atoms with E-state index in [1.54, 1.807) is 12.1 Å². The Kier molecular flexibility index (Phi) is 6.92. The summed E-state index contributed by atoms with van der Waals surface area (Å²) < 4.78 is 27.5. The van der Waals surface area contributed by atoms with Crippen LogP contribution in [-0.4, -0.2) is 32.1 Å². The largest absolute Gasteiger partial charge is 0.507 e. The van der Waals surface area contributed by atoms with Crippen LogP contribution in [0.2, 0.25) is 0 Å². The molecule has 3 aromatic rings. The zero-order valence-corrected chi connectivity index (χ0v) is 16.9. The number of benzene rings is 3. The standard InChI is InChI=1S/C20H18N3O7S/c1-29-19-11-14(21-13-5-3-2-4-6-13)7-9-17(19)23(31(27)28)22-30-15-8-10-18(24)16(12-15)20(25)26/h2-12,21,24H,1H3,(H,25,26)(H,27,28). The molecule has 10 nitrogen and oxygen atoms in total. The number of nitrogens with one attached hydrogen (secondary N) is 1. The number of hydrogen-bond acceptors (Lipinski definition) is 6. The van der Waals surface area contributed by atoms with E-state index in [0.29, 0.717) is 10.1 Å². The Bertz CT molecular complexity index is 1100. The smallest absolute Gasteiger partial charge is 0.339 e. The Morgan fingerprint density at radius 3 is 2.45 bits per heavy atom. The molecule has 0 saturated heterocycles. The van der Waals surface area contributed by atoms with Crippen molar-refractivity contribution in [1.82, 2.24) is 5.59 Å². The molecule has 0 heterocycles. The van der Waals surface area contributed by atoms with Gasteiger partial charge in [-0.25, -0.2) is 9.00 Å². The molecular formula is C20H18N3O7S. The van der Waals surface area contributed by atoms with Crippen LogP contribution in [0, 0.1) is 0 Å². The van der Waals surface area contributed by atoms with Crippen LogP contribution in [0.15, 0.2) is 66.7 Å². The van der Waals surface area contributed by atoms with Crippen LogP contribution in [0.4, 0.5) is 17.1 Å². The number of ether oxygens (including phenoxy) is 1. The Labute approximate surface area is 180 Å². The fourth-order valence-electron chi connectivity index (χ4n) is 2.59. The molecule has 161 valence electrons. The third-order valence-corrected chi connectivity index (χ3v) is 4.57. The van der Waals surface area contributed by atoms with Crippen molar-refractivity contribution < 1.29 is 33.3 Å². The van der Waals surface area contributed by atoms with Gasteiger partial charge in [0.25, 0.3) is 11.3 Å². The second-order valence-electron chi connectivity index (χ2n) is 6.04. The molecule has 0 aliphatic heterocycles. The molecule has 1 radical (unpaired) electrons. The number of carbonyl (C=O) groups is 1. The molecular weight excluding hydrogens is 426 g/mol. The summed E-state index contributed by atoms with van der Waals surface area (Å²) in [5, 5.41) is 21.8. The topological polar surface area (TPSA) is 143 Å². The van der Waals surface area contributed by atoms with Gasteiger partial charge in [-0.05, 0) is 36.4 Å². The lowest BCUT2D eigenvalue weighted by atomic mass is 10.2. The molecule has 1 atom stereocenters. The Morgan fingerprint density at radius 1 is 1.06 bits per heavy atom. The predicted molar refractivity (Wildman–Crippen MR) is 114 cm³/mol. The lowest BCUT2D eigenvalue weighted by Gasteiger charge is -2.20. The number of aromatic hydroxyl groups is 1. The fourth-order valence-corrected chi connectivity index (χ4v) is 3.00. The zero-order chi connectivity index (χ0) is 22.4. The molecule has 0 amide bonds. The van der Waals surface area contributed by atoms with Crippen molar-refractivity contribution in [2.45, 2.75) is 0 Å². The first-order valence-corrected chi connectivity index (χ1v) is 9.81. The highest BCUT2D eigenvalue weighted by Crippen LogP contribution is 2.33. The van der Waals surface area contributed by atoms with Crippen molar-refractivity contribution in [3.8, 4) is 17.2 Å². The van der Waals surface area contributed by atoms with Gasteiger partial charge in [0.05, 0.1) is 12.7 Å². The highest BCUT2D eigenvalue weighted by Gasteiger charge is 2.21. The van der Waals surface area contributed by atoms with Crippen LogP contribution in [0.5, 0.6) is 17.2 Å². The van der Waals surface area contributed by atoms with Gasteiger partial charge >= 0.3 is 5.97 Å². The van der Waals surface area contributed by atoms with Crippen LogP contribution in [0.1, 0.15) is 10.4 Å². The normalized spacial score (nSPS) is 11.4. The van der Waals surface area contributed by atoms with Crippen molar-refractivity contribution in [2.24, 2.45) is 0 Å². The highest BCUT2D eigenvalue weighted by molar-refractivity contribution is 7.80. The quantitative estimate of drug-likeness (QED) is 0.291. The first-order valence-electron chi connectivity index (χ1n) is 8.74. The SMILES string of the molecule is COc1cc(Nc2ccccc2)ccc1N([N]Oc1ccc(O)c(C(=O)O)c1)S(=O)O. The van der Waals surface area contributed by atoms with E-state index in [0.717, 1.165) is 17.8 Å². The molecule has 0 aliphatic carbocycles. The van der Waals surface area contributed by atoms with Crippen molar-refractivity contribution in [1.29, 1.82) is 0 Å². The van der Waals surface area contributed by atoms with E-state index in [1.807, 2.05) is 30.3 Å². The highest BCUT2D eigenvalue weighted by atomic mass is 32.2. The van der Waals surface area contributed by atoms with Gasteiger partial charge in [0.1, 0.15) is 22.7 Å². The average Bonchev–Trinajstić information content (AvgIpc) is 2.76. The lowest BCUT2D eigenvalue weighted by Crippen LogP contribution is -2.35. The Morgan fingerprint density at radius 2 is 1.81 bits per heavy atom. The zero-order valence-electron chi connectivity index (χ0n) is 16.1. The van der Waals surface area contributed by atoms with Gasteiger partial charge in [-0.15, -0.1) is 4.41 Å². The second-order valence-corrected chi connectivity index (χ2v) is 6.85. The minimum Gasteiger partial charge on any atom is -0.507 e. The van der Waals surface area contributed by atoms with Crippen LogP contribution < -0.4 is 24.9 Å². The van der Waals surface area contributed by atoms with Crippen LogP contribution in [-0.2, 0) is 11.3 Å². The number of aromatic carboxylic acids is 1. The second kappa shape index (κ2) is 9.80. The summed E-state index contributed by atoms with van der Waals surface area (Å²) in [6.45, 7) is 0. The molecule has 0 aliphatic rings. The number of hydrogen-bond donors (Lipinski definition) is 4. The van der Waals surface area contributed by atoms with Crippen molar-refractivity contribution in [3.63, 3.8) is 0 Å². The van der Waals surface area contributed by atoms with Gasteiger partial charge in [0.2, 0.25) is 0 Å². The summed E-state index contributed by atoms with van der Waals surface area (Å²) in [5.74, 6) is -1.65. The van der Waals surface area contributed by atoms with Crippen LogP contribution in [0.25, 0.3) is 0 Å². The molecule has 3 aromatic carbocycles. The fraction of sp³-hybridized carbons (Fsp3) is 0.0500. The molecule has 11 heteroatoms. The summed E-state index contributed by atoms with van der Waals surface area (Å²) in [6, 6.07) is 17.6. The summed E-state index contributed by atoms with van der Waals surface area (Å²) >= 11 is -2.63. The van der Waals surface area contributed by atoms with E-state index < -0.39 is 28.5 Å². The lowest BCUT2D eigenvalue weighted by molar-refractivity contribution is 0.0692. The predicted octanol–water partition coefficient (Wildman–Crippen LogP) is 3.30. The number of para-hydroxylation sites is 1. The molecule has 3 rings (SSSR count). The molecule has 0 fully saturated rings. The van der Waals surface area contributed by atoms with E-state index in [2.05, 4.69) is 10.9 Å². The number of rotatable bonds is 9. The minimum absolute atomic E-state index is 0.0630. The molecule has 0 saturated carbocycles. The maximum Gasteiger partial charge on any atom is 0.339 e. The molecule has 0 bridgehead atoms. The number of phenols is 1. The third-order valence-electron chi connectivity index (χ3n) is 4.02. The van der Waals surface area contributed by atoms with E-state index in [9.17, 15) is 18.7 Å². The molecule has 0 aromatic heterocycles. The van der Waals surface area contributed by atoms with Gasteiger partial charge < -0.3 is 25.1 Å². The first-order chi connectivity index (χ1) is 14.9. The van der Waals surface area contributed by atoms with Crippen LogP contribution in [0.3, 0.4) is 0 Å². The van der Waals surface area contributed by atoms with E-state index in [1.165, 1.54) is 19.2 Å². The third kappa shape index (κ3) is 5.42. The molecule has 0 spiro atoms. The Balaban J connectivity index is 1.81. The number of carboxylic acids is 1. The van der Waals surface area contributed by atoms with Crippen molar-refractivity contribution in [3.05, 3.63) is 72.3 Å². The molecule has 1 unspecified atom stereocenters. The van der Waals surface area contributed by atoms with Gasteiger partial charge in [-0.1, -0.05) is 18.2 Å². The van der Waals surface area contributed by atoms with Crippen molar-refractivity contribution in [2.75, 3.05) is 16.8 Å². The molecule has 31 heavy (non-hydrogen) atoms. The number of anilines is 3. The van der Waals surface area contributed by atoms with Gasteiger partial charge in [0, 0.05) is 23.5 Å². The summed E-state index contributed by atoms with van der Waals surface area (Å²) in [6.07, 6.45) is 0. The first kappa shape index (κ1) is 21.9. The van der Waals surface area contributed by atoms with Gasteiger partial charge in [0.15, 0.2) is 5.75 Å². The maximum atomic E-state index is 11.9. The summed E-state index contributed by atoms with van der Waals surface area (Å²) in [7, 11) is 1.39. The monoisotopic (exact) mass is 444 g/mol. The number of methoxy groups -OCH3 is 1. The average molecular weight is 444 g/mol. The van der Waals surface area contributed by atoms with Crippen LogP contribution >= 0.6 is 0 Å². The number of carboxylic acid groups (broad SMARTS) is 1. The molecule has 4 N–H and O–H groups in total.